The van der Waals surface area contributed by atoms with E-state index in [1.54, 1.807) is 19.1 Å². The molecule has 19 heavy (non-hydrogen) atoms. The summed E-state index contributed by atoms with van der Waals surface area (Å²) in [4.78, 5) is 0. The minimum atomic E-state index is -0.194. The predicted octanol–water partition coefficient (Wildman–Crippen LogP) is 3.66. The summed E-state index contributed by atoms with van der Waals surface area (Å²) in [6.45, 7) is 6.25. The second kappa shape index (κ2) is 5.91. The zero-order valence-electron chi connectivity index (χ0n) is 12.0. The van der Waals surface area contributed by atoms with Crippen molar-refractivity contribution in [1.82, 2.24) is 0 Å². The number of benzene rings is 1. The Morgan fingerprint density at radius 3 is 2.68 bits per heavy atom. The van der Waals surface area contributed by atoms with E-state index in [0.29, 0.717) is 17.4 Å². The van der Waals surface area contributed by atoms with Crippen LogP contribution in [-0.2, 0) is 0 Å². The lowest BCUT2D eigenvalue weighted by atomic mass is 9.78. The van der Waals surface area contributed by atoms with Crippen LogP contribution in [0.5, 0.6) is 5.75 Å². The molecule has 0 aromatic heterocycles. The molecular weight excluding hydrogens is 241 g/mol. The SMILES string of the molecule is Cc1cc(OC2CC(C(C)C)CCC2N)ccc1F. The summed E-state index contributed by atoms with van der Waals surface area (Å²) in [5, 5.41) is 0. The van der Waals surface area contributed by atoms with Crippen LogP contribution in [0.15, 0.2) is 18.2 Å². The molecular formula is C16H24FNO. The van der Waals surface area contributed by atoms with E-state index < -0.39 is 0 Å². The highest BCUT2D eigenvalue weighted by Gasteiger charge is 2.31. The second-order valence-electron chi connectivity index (χ2n) is 6.05. The van der Waals surface area contributed by atoms with Crippen molar-refractivity contribution >= 4 is 0 Å². The Labute approximate surface area is 115 Å². The van der Waals surface area contributed by atoms with Crippen LogP contribution < -0.4 is 10.5 Å². The van der Waals surface area contributed by atoms with Gasteiger partial charge in [-0.15, -0.1) is 0 Å². The third kappa shape index (κ3) is 3.47. The summed E-state index contributed by atoms with van der Waals surface area (Å²) in [5.74, 6) is 1.86. The fraction of sp³-hybridized carbons (Fsp3) is 0.625. The van der Waals surface area contributed by atoms with Crippen molar-refractivity contribution in [3.05, 3.63) is 29.6 Å². The van der Waals surface area contributed by atoms with Gasteiger partial charge in [0.05, 0.1) is 0 Å². The molecule has 3 unspecified atom stereocenters. The fourth-order valence-corrected chi connectivity index (χ4v) is 2.79. The summed E-state index contributed by atoms with van der Waals surface area (Å²) in [6.07, 6.45) is 3.23. The molecule has 2 nitrogen and oxygen atoms in total. The Balaban J connectivity index is 2.05. The van der Waals surface area contributed by atoms with Crippen LogP contribution in [0.2, 0.25) is 0 Å². The highest BCUT2D eigenvalue weighted by molar-refractivity contribution is 5.29. The largest absolute Gasteiger partial charge is 0.489 e. The van der Waals surface area contributed by atoms with Crippen LogP contribution in [0.1, 0.15) is 38.7 Å². The average molecular weight is 265 g/mol. The third-order valence-electron chi connectivity index (χ3n) is 4.24. The third-order valence-corrected chi connectivity index (χ3v) is 4.24. The van der Waals surface area contributed by atoms with Crippen molar-refractivity contribution in [2.24, 2.45) is 17.6 Å². The molecule has 1 aromatic rings. The van der Waals surface area contributed by atoms with Crippen LogP contribution in [-0.4, -0.2) is 12.1 Å². The number of hydrogen-bond acceptors (Lipinski definition) is 2. The first-order valence-electron chi connectivity index (χ1n) is 7.15. The number of aryl methyl sites for hydroxylation is 1. The van der Waals surface area contributed by atoms with Gasteiger partial charge in [0, 0.05) is 6.04 Å². The van der Waals surface area contributed by atoms with E-state index in [4.69, 9.17) is 10.5 Å². The molecule has 106 valence electrons. The predicted molar refractivity (Wildman–Crippen MR) is 75.7 cm³/mol. The van der Waals surface area contributed by atoms with Crippen molar-refractivity contribution in [3.63, 3.8) is 0 Å². The van der Waals surface area contributed by atoms with E-state index in [2.05, 4.69) is 13.8 Å². The molecule has 0 heterocycles. The topological polar surface area (TPSA) is 35.2 Å². The van der Waals surface area contributed by atoms with Crippen LogP contribution in [0.25, 0.3) is 0 Å². The first kappa shape index (κ1) is 14.3. The molecule has 1 aromatic carbocycles. The molecule has 0 saturated heterocycles. The van der Waals surface area contributed by atoms with Gasteiger partial charge in [-0.3, -0.25) is 0 Å². The minimum Gasteiger partial charge on any atom is -0.489 e. The second-order valence-corrected chi connectivity index (χ2v) is 6.05. The van der Waals surface area contributed by atoms with Crippen LogP contribution in [0.4, 0.5) is 4.39 Å². The molecule has 1 aliphatic rings. The van der Waals surface area contributed by atoms with Gasteiger partial charge in [0.1, 0.15) is 17.7 Å². The highest BCUT2D eigenvalue weighted by atomic mass is 19.1. The van der Waals surface area contributed by atoms with Gasteiger partial charge in [-0.2, -0.15) is 0 Å². The standard InChI is InChI=1S/C16H24FNO/c1-10(2)12-4-7-15(18)16(9-12)19-13-5-6-14(17)11(3)8-13/h5-6,8,10,12,15-16H,4,7,9,18H2,1-3H3. The molecule has 2 N–H and O–H groups in total. The van der Waals surface area contributed by atoms with Gasteiger partial charge in [0.2, 0.25) is 0 Å². The number of hydrogen-bond donors (Lipinski definition) is 1. The van der Waals surface area contributed by atoms with Gasteiger partial charge in [-0.25, -0.2) is 4.39 Å². The van der Waals surface area contributed by atoms with E-state index in [1.165, 1.54) is 12.5 Å². The van der Waals surface area contributed by atoms with Gasteiger partial charge >= 0.3 is 0 Å². The van der Waals surface area contributed by atoms with Crippen molar-refractivity contribution in [3.8, 4) is 5.75 Å². The lowest BCUT2D eigenvalue weighted by Gasteiger charge is -2.36. The first-order chi connectivity index (χ1) is 8.97. The Kier molecular flexibility index (Phi) is 4.46. The zero-order chi connectivity index (χ0) is 14.0. The molecule has 3 atom stereocenters. The molecule has 0 aliphatic heterocycles. The molecule has 1 fully saturated rings. The first-order valence-corrected chi connectivity index (χ1v) is 7.15. The maximum absolute atomic E-state index is 13.2. The number of halogens is 1. The quantitative estimate of drug-likeness (QED) is 0.905. The van der Waals surface area contributed by atoms with Gasteiger partial charge in [0.25, 0.3) is 0 Å². The van der Waals surface area contributed by atoms with E-state index in [9.17, 15) is 4.39 Å². The average Bonchev–Trinajstić information content (AvgIpc) is 2.36. The van der Waals surface area contributed by atoms with Gasteiger partial charge in [0.15, 0.2) is 0 Å². The summed E-state index contributed by atoms with van der Waals surface area (Å²) >= 11 is 0. The molecule has 0 bridgehead atoms. The van der Waals surface area contributed by atoms with Crippen molar-refractivity contribution in [1.29, 1.82) is 0 Å². The monoisotopic (exact) mass is 265 g/mol. The summed E-state index contributed by atoms with van der Waals surface area (Å²) < 4.78 is 19.2. The molecule has 0 radical (unpaired) electrons. The molecule has 2 rings (SSSR count). The van der Waals surface area contributed by atoms with E-state index in [-0.39, 0.29) is 18.0 Å². The smallest absolute Gasteiger partial charge is 0.126 e. The van der Waals surface area contributed by atoms with Crippen molar-refractivity contribution < 1.29 is 9.13 Å². The fourth-order valence-electron chi connectivity index (χ4n) is 2.79. The van der Waals surface area contributed by atoms with E-state index in [1.807, 2.05) is 0 Å². The Hall–Kier alpha value is -1.09. The van der Waals surface area contributed by atoms with E-state index >= 15 is 0 Å². The molecule has 1 aliphatic carbocycles. The molecule has 1 saturated carbocycles. The van der Waals surface area contributed by atoms with Gasteiger partial charge in [-0.1, -0.05) is 13.8 Å². The van der Waals surface area contributed by atoms with Gasteiger partial charge in [-0.05, 0) is 61.8 Å². The lowest BCUT2D eigenvalue weighted by Crippen LogP contribution is -2.44. The minimum absolute atomic E-state index is 0.0472. The highest BCUT2D eigenvalue weighted by Crippen LogP contribution is 2.32. The Morgan fingerprint density at radius 2 is 2.05 bits per heavy atom. The van der Waals surface area contributed by atoms with E-state index in [0.717, 1.165) is 18.6 Å². The number of rotatable bonds is 3. The summed E-state index contributed by atoms with van der Waals surface area (Å²) in [5.41, 5.74) is 6.77. The summed E-state index contributed by atoms with van der Waals surface area (Å²) in [7, 11) is 0. The van der Waals surface area contributed by atoms with Crippen molar-refractivity contribution in [2.75, 3.05) is 0 Å². The van der Waals surface area contributed by atoms with Crippen LogP contribution in [0.3, 0.4) is 0 Å². The Morgan fingerprint density at radius 1 is 1.32 bits per heavy atom. The summed E-state index contributed by atoms with van der Waals surface area (Å²) in [6, 6.07) is 4.98. The molecule has 3 heteroatoms. The molecule has 0 spiro atoms. The lowest BCUT2D eigenvalue weighted by molar-refractivity contribution is 0.0866. The maximum Gasteiger partial charge on any atom is 0.126 e. The maximum atomic E-state index is 13.2. The van der Waals surface area contributed by atoms with Crippen LogP contribution >= 0.6 is 0 Å². The normalized spacial score (nSPS) is 27.6. The number of ether oxygens (including phenoxy) is 1. The van der Waals surface area contributed by atoms with Gasteiger partial charge < -0.3 is 10.5 Å². The molecule has 0 amide bonds. The Bertz CT molecular complexity index is 433. The van der Waals surface area contributed by atoms with Crippen molar-refractivity contribution in [2.45, 2.75) is 52.2 Å². The zero-order valence-corrected chi connectivity index (χ0v) is 12.0. The number of nitrogens with two attached hydrogens (primary N) is 1. The van der Waals surface area contributed by atoms with Crippen LogP contribution in [0, 0.1) is 24.6 Å².